The molecule has 1 heterocycles. The number of alkyl halides is 3. The zero-order chi connectivity index (χ0) is 15.6. The molecule has 0 aliphatic rings. The minimum Gasteiger partial charge on any atom is -0.477 e. The van der Waals surface area contributed by atoms with Gasteiger partial charge in [-0.05, 0) is 24.3 Å². The average molecular weight is 301 g/mol. The molecule has 0 bridgehead atoms. The van der Waals surface area contributed by atoms with Gasteiger partial charge in [-0.25, -0.2) is 14.2 Å². The molecule has 21 heavy (non-hydrogen) atoms. The highest BCUT2D eigenvalue weighted by molar-refractivity contribution is 5.85. The Balaban J connectivity index is 2.32. The molecule has 0 atom stereocenters. The van der Waals surface area contributed by atoms with Crippen molar-refractivity contribution in [1.29, 1.82) is 0 Å². The van der Waals surface area contributed by atoms with Crippen LogP contribution < -0.4 is 4.74 Å². The number of aromatic carboxylic acids is 1. The maximum atomic E-state index is 13.1. The molecule has 0 saturated heterocycles. The summed E-state index contributed by atoms with van der Waals surface area (Å²) in [6.07, 6.45) is -4.86. The SMILES string of the molecule is O=C(O)c1cccc(Oc2ccc(F)c(C(F)(F)F)c2)n1. The third-order valence-electron chi connectivity index (χ3n) is 2.41. The van der Waals surface area contributed by atoms with E-state index in [-0.39, 0.29) is 17.3 Å². The van der Waals surface area contributed by atoms with Crippen LogP contribution in [-0.2, 0) is 6.18 Å². The molecule has 4 nitrogen and oxygen atoms in total. The topological polar surface area (TPSA) is 59.4 Å². The van der Waals surface area contributed by atoms with Gasteiger partial charge in [-0.3, -0.25) is 0 Å². The molecule has 110 valence electrons. The third-order valence-corrected chi connectivity index (χ3v) is 2.41. The summed E-state index contributed by atoms with van der Waals surface area (Å²) in [7, 11) is 0. The Morgan fingerprint density at radius 2 is 1.90 bits per heavy atom. The lowest BCUT2D eigenvalue weighted by Crippen LogP contribution is -2.08. The van der Waals surface area contributed by atoms with E-state index in [1.165, 1.54) is 18.2 Å². The van der Waals surface area contributed by atoms with Gasteiger partial charge in [0.25, 0.3) is 0 Å². The number of hydrogen-bond acceptors (Lipinski definition) is 3. The van der Waals surface area contributed by atoms with E-state index in [2.05, 4.69) is 4.98 Å². The summed E-state index contributed by atoms with van der Waals surface area (Å²) in [6, 6.07) is 5.85. The van der Waals surface area contributed by atoms with Gasteiger partial charge in [-0.15, -0.1) is 0 Å². The van der Waals surface area contributed by atoms with Crippen molar-refractivity contribution in [3.63, 3.8) is 0 Å². The van der Waals surface area contributed by atoms with E-state index in [4.69, 9.17) is 9.84 Å². The van der Waals surface area contributed by atoms with Gasteiger partial charge in [-0.2, -0.15) is 13.2 Å². The number of benzene rings is 1. The molecule has 1 aromatic heterocycles. The lowest BCUT2D eigenvalue weighted by atomic mass is 10.2. The third kappa shape index (κ3) is 3.47. The Labute approximate surface area is 115 Å². The van der Waals surface area contributed by atoms with Crippen LogP contribution in [-0.4, -0.2) is 16.1 Å². The number of carboxylic acids is 1. The minimum absolute atomic E-state index is 0.213. The average Bonchev–Trinajstić information content (AvgIpc) is 2.40. The monoisotopic (exact) mass is 301 g/mol. The predicted molar refractivity (Wildman–Crippen MR) is 62.7 cm³/mol. The van der Waals surface area contributed by atoms with Crippen LogP contribution in [0.1, 0.15) is 16.1 Å². The summed E-state index contributed by atoms with van der Waals surface area (Å²) < 4.78 is 55.8. The molecule has 0 aliphatic heterocycles. The molecule has 0 spiro atoms. The number of halogens is 4. The smallest absolute Gasteiger partial charge is 0.419 e. The number of pyridine rings is 1. The molecule has 2 rings (SSSR count). The first-order valence-corrected chi connectivity index (χ1v) is 5.52. The van der Waals surface area contributed by atoms with Gasteiger partial charge in [0, 0.05) is 6.07 Å². The van der Waals surface area contributed by atoms with Crippen molar-refractivity contribution in [1.82, 2.24) is 4.98 Å². The molecule has 1 N–H and O–H groups in total. The van der Waals surface area contributed by atoms with Gasteiger partial charge in [-0.1, -0.05) is 6.07 Å². The molecule has 0 radical (unpaired) electrons. The van der Waals surface area contributed by atoms with Crippen molar-refractivity contribution in [3.8, 4) is 11.6 Å². The largest absolute Gasteiger partial charge is 0.477 e. The zero-order valence-corrected chi connectivity index (χ0v) is 10.2. The van der Waals surface area contributed by atoms with Crippen LogP contribution in [0.15, 0.2) is 36.4 Å². The summed E-state index contributed by atoms with van der Waals surface area (Å²) >= 11 is 0. The van der Waals surface area contributed by atoms with E-state index in [0.29, 0.717) is 12.1 Å². The molecular weight excluding hydrogens is 294 g/mol. The standard InChI is InChI=1S/C13H7F4NO3/c14-9-5-4-7(6-8(9)13(15,16)17)21-11-3-1-2-10(18-11)12(19)20/h1-6H,(H,19,20). The van der Waals surface area contributed by atoms with Gasteiger partial charge in [0.2, 0.25) is 5.88 Å². The second kappa shape index (κ2) is 5.39. The summed E-state index contributed by atoms with van der Waals surface area (Å²) in [6.45, 7) is 0. The van der Waals surface area contributed by atoms with Gasteiger partial charge < -0.3 is 9.84 Å². The van der Waals surface area contributed by atoms with E-state index < -0.39 is 23.5 Å². The molecule has 0 aliphatic carbocycles. The second-order valence-corrected chi connectivity index (χ2v) is 3.91. The maximum absolute atomic E-state index is 13.1. The molecule has 1 aromatic carbocycles. The van der Waals surface area contributed by atoms with Crippen molar-refractivity contribution < 1.29 is 32.2 Å². The van der Waals surface area contributed by atoms with Crippen LogP contribution in [0.25, 0.3) is 0 Å². The number of rotatable bonds is 3. The number of ether oxygens (including phenoxy) is 1. The van der Waals surface area contributed by atoms with Crippen molar-refractivity contribution in [2.45, 2.75) is 6.18 Å². The molecule has 0 fully saturated rings. The van der Waals surface area contributed by atoms with Crippen LogP contribution in [0.2, 0.25) is 0 Å². The second-order valence-electron chi connectivity index (χ2n) is 3.91. The molecular formula is C13H7F4NO3. The van der Waals surface area contributed by atoms with Gasteiger partial charge in [0.1, 0.15) is 11.6 Å². The van der Waals surface area contributed by atoms with Gasteiger partial charge >= 0.3 is 12.1 Å². The summed E-state index contributed by atoms with van der Waals surface area (Å²) in [5.74, 6) is -3.26. The first-order valence-electron chi connectivity index (χ1n) is 5.52. The maximum Gasteiger partial charge on any atom is 0.419 e. The quantitative estimate of drug-likeness (QED) is 0.878. The normalized spacial score (nSPS) is 11.2. The van der Waals surface area contributed by atoms with Gasteiger partial charge in [0.05, 0.1) is 5.56 Å². The lowest BCUT2D eigenvalue weighted by Gasteiger charge is -2.10. The highest BCUT2D eigenvalue weighted by atomic mass is 19.4. The van der Waals surface area contributed by atoms with E-state index in [1.54, 1.807) is 0 Å². The van der Waals surface area contributed by atoms with Crippen LogP contribution in [0.3, 0.4) is 0 Å². The number of aromatic nitrogens is 1. The summed E-state index contributed by atoms with van der Waals surface area (Å²) in [5, 5.41) is 8.75. The number of carboxylic acid groups (broad SMARTS) is 1. The highest BCUT2D eigenvalue weighted by Gasteiger charge is 2.34. The molecule has 0 amide bonds. The Morgan fingerprint density at radius 3 is 2.52 bits per heavy atom. The summed E-state index contributed by atoms with van der Waals surface area (Å²) in [5.41, 5.74) is -1.81. The molecule has 0 saturated carbocycles. The first kappa shape index (κ1) is 14.8. The van der Waals surface area contributed by atoms with Crippen LogP contribution >= 0.6 is 0 Å². The predicted octanol–water partition coefficient (Wildman–Crippen LogP) is 3.73. The number of nitrogens with zero attached hydrogens (tertiary/aromatic N) is 1. The van der Waals surface area contributed by atoms with E-state index >= 15 is 0 Å². The fraction of sp³-hybridized carbons (Fsp3) is 0.0769. The molecule has 2 aromatic rings. The van der Waals surface area contributed by atoms with Crippen molar-refractivity contribution in [3.05, 3.63) is 53.5 Å². The Morgan fingerprint density at radius 1 is 1.19 bits per heavy atom. The van der Waals surface area contributed by atoms with Crippen LogP contribution in [0.4, 0.5) is 17.6 Å². The minimum atomic E-state index is -4.86. The molecule has 8 heteroatoms. The Bertz CT molecular complexity index is 685. The summed E-state index contributed by atoms with van der Waals surface area (Å²) in [4.78, 5) is 14.3. The fourth-order valence-corrected chi connectivity index (χ4v) is 1.50. The van der Waals surface area contributed by atoms with E-state index in [9.17, 15) is 22.4 Å². The highest BCUT2D eigenvalue weighted by Crippen LogP contribution is 2.34. The Hall–Kier alpha value is -2.64. The number of hydrogen-bond donors (Lipinski definition) is 1. The fourth-order valence-electron chi connectivity index (χ4n) is 1.50. The molecule has 0 unspecified atom stereocenters. The Kier molecular flexibility index (Phi) is 3.79. The van der Waals surface area contributed by atoms with Crippen LogP contribution in [0, 0.1) is 5.82 Å². The number of carbonyl (C=O) groups is 1. The van der Waals surface area contributed by atoms with E-state index in [1.807, 2.05) is 0 Å². The van der Waals surface area contributed by atoms with Gasteiger partial charge in [0.15, 0.2) is 5.69 Å². The van der Waals surface area contributed by atoms with Crippen molar-refractivity contribution in [2.75, 3.05) is 0 Å². The van der Waals surface area contributed by atoms with Crippen molar-refractivity contribution >= 4 is 5.97 Å². The van der Waals surface area contributed by atoms with Crippen LogP contribution in [0.5, 0.6) is 11.6 Å². The first-order chi connectivity index (χ1) is 9.77. The lowest BCUT2D eigenvalue weighted by molar-refractivity contribution is -0.140. The van der Waals surface area contributed by atoms with Crippen molar-refractivity contribution in [2.24, 2.45) is 0 Å². The zero-order valence-electron chi connectivity index (χ0n) is 10.2. The van der Waals surface area contributed by atoms with E-state index in [0.717, 1.165) is 6.07 Å².